The van der Waals surface area contributed by atoms with Gasteiger partial charge in [0.2, 0.25) is 10.9 Å². The molecule has 0 aliphatic carbocycles. The number of aromatic amines is 1. The van der Waals surface area contributed by atoms with Gasteiger partial charge in [-0.15, -0.1) is 0 Å². The van der Waals surface area contributed by atoms with E-state index in [0.29, 0.717) is 6.54 Å². The van der Waals surface area contributed by atoms with E-state index in [9.17, 15) is 24.6 Å². The normalized spacial score (nSPS) is 12.2. The van der Waals surface area contributed by atoms with Crippen LogP contribution in [0, 0.1) is 0 Å². The van der Waals surface area contributed by atoms with Crippen molar-refractivity contribution in [1.82, 2.24) is 20.2 Å². The van der Waals surface area contributed by atoms with Crippen molar-refractivity contribution in [2.24, 2.45) is 0 Å². The van der Waals surface area contributed by atoms with E-state index in [4.69, 9.17) is 0 Å². The van der Waals surface area contributed by atoms with Crippen molar-refractivity contribution in [3.8, 4) is 5.75 Å². The highest BCUT2D eigenvalue weighted by atomic mass is 16.4. The molecule has 1 aromatic heterocycles. The topological polar surface area (TPSA) is 136 Å². The summed E-state index contributed by atoms with van der Waals surface area (Å²) in [5.41, 5.74) is -1.20. The largest absolute Gasteiger partial charge is 0.507 e. The van der Waals surface area contributed by atoms with Crippen molar-refractivity contribution in [1.29, 1.82) is 0 Å². The molecular weight excluding hydrogens is 388 g/mol. The van der Waals surface area contributed by atoms with Gasteiger partial charge in [-0.2, -0.15) is 0 Å². The number of carbonyl (C=O) groups is 1. The molecule has 0 unspecified atom stereocenters. The number of nitrogens with one attached hydrogen (secondary N) is 2. The van der Waals surface area contributed by atoms with E-state index in [1.807, 2.05) is 14.1 Å². The third kappa shape index (κ3) is 4.41. The standard InChI is InChI=1S/C21H24N4O5/c1-25(2)9-5-3-4-8-22-11-13-15(27)10-16(28)20-18(13)24-19-14(26)7-6-12(21(29)30)17(19)23-20/h6-7,10-11,22-23,27H,3-5,8-9H2,1-2H3,(H,29,30). The highest BCUT2D eigenvalue weighted by Crippen LogP contribution is 2.15. The van der Waals surface area contributed by atoms with Crippen LogP contribution in [0.4, 0.5) is 0 Å². The van der Waals surface area contributed by atoms with Gasteiger partial charge in [0.05, 0.1) is 16.3 Å². The summed E-state index contributed by atoms with van der Waals surface area (Å²) in [6, 6.07) is 3.33. The van der Waals surface area contributed by atoms with Crippen molar-refractivity contribution in [2.45, 2.75) is 19.3 Å². The minimum Gasteiger partial charge on any atom is -0.507 e. The fourth-order valence-corrected chi connectivity index (χ4v) is 3.26. The van der Waals surface area contributed by atoms with Crippen LogP contribution in [-0.2, 0) is 0 Å². The number of nitrogens with zero attached hydrogens (tertiary/aromatic N) is 2. The SMILES string of the molecule is CN(C)CCCCCNC=c1c(O)cc(=O)c2[nH]c3c(C(=O)O)ccc(=O)c3nc12. The smallest absolute Gasteiger partial charge is 0.337 e. The molecule has 0 aliphatic heterocycles. The molecule has 9 nitrogen and oxygen atoms in total. The van der Waals surface area contributed by atoms with Crippen molar-refractivity contribution in [3.05, 3.63) is 49.4 Å². The van der Waals surface area contributed by atoms with Gasteiger partial charge >= 0.3 is 5.97 Å². The lowest BCUT2D eigenvalue weighted by molar-refractivity contribution is 0.0699. The Labute approximate surface area is 171 Å². The number of phenolic OH excluding ortho intramolecular Hbond substituents is 1. The van der Waals surface area contributed by atoms with E-state index in [1.54, 1.807) is 6.20 Å². The minimum absolute atomic E-state index is 0.0208. The van der Waals surface area contributed by atoms with E-state index in [2.05, 4.69) is 20.2 Å². The third-order valence-corrected chi connectivity index (χ3v) is 4.80. The average Bonchev–Trinajstić information content (AvgIpc) is 2.68. The van der Waals surface area contributed by atoms with E-state index in [0.717, 1.165) is 37.9 Å². The molecule has 0 saturated carbocycles. The molecule has 1 heterocycles. The van der Waals surface area contributed by atoms with Crippen molar-refractivity contribution in [3.63, 3.8) is 0 Å². The Morgan fingerprint density at radius 3 is 2.60 bits per heavy atom. The highest BCUT2D eigenvalue weighted by Gasteiger charge is 2.16. The van der Waals surface area contributed by atoms with Gasteiger partial charge in [0.1, 0.15) is 22.3 Å². The second-order valence-electron chi connectivity index (χ2n) is 7.37. The van der Waals surface area contributed by atoms with Crippen LogP contribution in [0.2, 0.25) is 0 Å². The first-order chi connectivity index (χ1) is 14.3. The molecule has 0 spiro atoms. The van der Waals surface area contributed by atoms with Crippen LogP contribution in [-0.4, -0.2) is 58.2 Å². The summed E-state index contributed by atoms with van der Waals surface area (Å²) in [5, 5.41) is 23.0. The van der Waals surface area contributed by atoms with Crippen LogP contribution in [0.15, 0.2) is 27.8 Å². The molecule has 0 atom stereocenters. The van der Waals surface area contributed by atoms with Gasteiger partial charge in [0.25, 0.3) is 0 Å². The molecule has 158 valence electrons. The molecule has 9 heteroatoms. The van der Waals surface area contributed by atoms with Gasteiger partial charge < -0.3 is 25.4 Å². The van der Waals surface area contributed by atoms with Crippen LogP contribution in [0.5, 0.6) is 5.75 Å². The number of carboxylic acids is 1. The number of hydrogen-bond donors (Lipinski definition) is 4. The van der Waals surface area contributed by atoms with Gasteiger partial charge in [-0.1, -0.05) is 6.42 Å². The number of aromatic hydroxyl groups is 1. The lowest BCUT2D eigenvalue weighted by atomic mass is 10.1. The maximum atomic E-state index is 12.4. The molecule has 4 N–H and O–H groups in total. The number of carboxylic acid groups (broad SMARTS) is 1. The number of rotatable bonds is 8. The number of benzene rings is 2. The predicted molar refractivity (Wildman–Crippen MR) is 115 cm³/mol. The molecule has 3 rings (SSSR count). The lowest BCUT2D eigenvalue weighted by Crippen LogP contribution is -2.20. The fraction of sp³-hybridized carbons (Fsp3) is 0.333. The number of hydrogen-bond acceptors (Lipinski definition) is 7. The molecule has 0 fully saturated rings. The summed E-state index contributed by atoms with van der Waals surface area (Å²) in [6.07, 6.45) is 4.60. The Morgan fingerprint density at radius 2 is 1.90 bits per heavy atom. The number of unbranched alkanes of at least 4 members (excludes halogenated alkanes) is 2. The molecule has 3 aromatic rings. The zero-order valence-electron chi connectivity index (χ0n) is 16.9. The van der Waals surface area contributed by atoms with Crippen LogP contribution in [0.1, 0.15) is 29.6 Å². The van der Waals surface area contributed by atoms with E-state index < -0.39 is 16.8 Å². The summed E-state index contributed by atoms with van der Waals surface area (Å²) < 4.78 is 0. The summed E-state index contributed by atoms with van der Waals surface area (Å²) in [7, 11) is 4.06. The number of aromatic carboxylic acids is 1. The Kier molecular flexibility index (Phi) is 6.31. The summed E-state index contributed by atoms with van der Waals surface area (Å²) in [5.74, 6) is -1.51. The third-order valence-electron chi connectivity index (χ3n) is 4.80. The van der Waals surface area contributed by atoms with Gasteiger partial charge in [-0.25, -0.2) is 9.78 Å². The van der Waals surface area contributed by atoms with Crippen LogP contribution < -0.4 is 21.4 Å². The predicted octanol–water partition coefficient (Wildman–Crippen LogP) is 0.619. The molecular formula is C21H24N4O5. The Morgan fingerprint density at radius 1 is 1.13 bits per heavy atom. The number of fused-ring (bicyclic) bond motifs is 2. The quantitative estimate of drug-likeness (QED) is 0.312. The number of H-pyrrole nitrogens is 1. The zero-order chi connectivity index (χ0) is 21.8. The van der Waals surface area contributed by atoms with E-state index in [-0.39, 0.29) is 38.6 Å². The maximum absolute atomic E-state index is 12.4. The van der Waals surface area contributed by atoms with Crippen molar-refractivity contribution in [2.75, 3.05) is 27.2 Å². The molecule has 0 radical (unpaired) electrons. The monoisotopic (exact) mass is 412 g/mol. The molecule has 0 amide bonds. The molecule has 0 saturated heterocycles. The minimum atomic E-state index is -1.24. The van der Waals surface area contributed by atoms with Gasteiger partial charge in [0, 0.05) is 18.8 Å². The lowest BCUT2D eigenvalue weighted by Gasteiger charge is -2.09. The number of phenols is 1. The van der Waals surface area contributed by atoms with Gasteiger partial charge in [-0.05, 0) is 45.6 Å². The second kappa shape index (κ2) is 8.91. The van der Waals surface area contributed by atoms with Crippen LogP contribution in [0.3, 0.4) is 0 Å². The first-order valence-corrected chi connectivity index (χ1v) is 9.64. The first kappa shape index (κ1) is 21.3. The summed E-state index contributed by atoms with van der Waals surface area (Å²) in [4.78, 5) is 45.2. The van der Waals surface area contributed by atoms with Gasteiger partial charge in [-0.3, -0.25) is 9.59 Å². The Hall–Kier alpha value is -3.46. The van der Waals surface area contributed by atoms with Crippen molar-refractivity contribution < 1.29 is 15.0 Å². The molecule has 2 aromatic carbocycles. The average molecular weight is 412 g/mol. The van der Waals surface area contributed by atoms with Gasteiger partial charge in [0.15, 0.2) is 0 Å². The maximum Gasteiger partial charge on any atom is 0.337 e. The molecule has 30 heavy (non-hydrogen) atoms. The zero-order valence-corrected chi connectivity index (χ0v) is 16.9. The first-order valence-electron chi connectivity index (χ1n) is 9.64. The fourth-order valence-electron chi connectivity index (χ4n) is 3.26. The summed E-state index contributed by atoms with van der Waals surface area (Å²) >= 11 is 0. The number of aromatic nitrogens is 2. The van der Waals surface area contributed by atoms with E-state index in [1.165, 1.54) is 6.07 Å². The highest BCUT2D eigenvalue weighted by molar-refractivity contribution is 6.02. The molecule has 0 aliphatic rings. The molecule has 0 bridgehead atoms. The summed E-state index contributed by atoms with van der Waals surface area (Å²) in [6.45, 7) is 1.68. The van der Waals surface area contributed by atoms with E-state index >= 15 is 0 Å². The Bertz CT molecular complexity index is 1270. The van der Waals surface area contributed by atoms with Crippen LogP contribution >= 0.6 is 0 Å². The van der Waals surface area contributed by atoms with Crippen molar-refractivity contribution >= 4 is 34.2 Å². The Balaban J connectivity index is 2.02. The van der Waals surface area contributed by atoms with Crippen LogP contribution in [0.25, 0.3) is 28.3 Å². The second-order valence-corrected chi connectivity index (χ2v) is 7.37.